The second-order valence-corrected chi connectivity index (χ2v) is 5.98. The number of benzene rings is 2. The maximum atomic E-state index is 12.2. The number of rotatable bonds is 7. The molecule has 0 spiro atoms. The Morgan fingerprint density at radius 2 is 1.81 bits per heavy atom. The van der Waals surface area contributed by atoms with Crippen LogP contribution in [0.5, 0.6) is 0 Å². The summed E-state index contributed by atoms with van der Waals surface area (Å²) >= 11 is 0. The molecule has 6 heteroatoms. The van der Waals surface area contributed by atoms with E-state index >= 15 is 0 Å². The standard InChI is InChI=1S/C21H23N5O/c1-3-25(4-2)19-11-7-18(8-12-19)21(27)24-23-15-17-5-9-20(10-6-17)26-14-13-22-16-26/h5-16H,3-4H2,1-2H3,(H,24,27)/b23-15+. The Bertz CT molecular complexity index is 879. The van der Waals surface area contributed by atoms with Crippen LogP contribution in [0.2, 0.25) is 0 Å². The monoisotopic (exact) mass is 361 g/mol. The summed E-state index contributed by atoms with van der Waals surface area (Å²) in [6.45, 7) is 6.10. The van der Waals surface area contributed by atoms with Crippen LogP contribution in [0.3, 0.4) is 0 Å². The van der Waals surface area contributed by atoms with Crippen molar-refractivity contribution >= 4 is 17.8 Å². The molecule has 0 saturated carbocycles. The van der Waals surface area contributed by atoms with E-state index in [2.05, 4.69) is 34.3 Å². The summed E-state index contributed by atoms with van der Waals surface area (Å²) in [5.41, 5.74) is 6.17. The summed E-state index contributed by atoms with van der Waals surface area (Å²) in [7, 11) is 0. The number of carbonyl (C=O) groups is 1. The molecule has 0 aliphatic rings. The van der Waals surface area contributed by atoms with Crippen LogP contribution in [-0.4, -0.2) is 34.8 Å². The first-order chi connectivity index (χ1) is 13.2. The van der Waals surface area contributed by atoms with Gasteiger partial charge in [-0.2, -0.15) is 5.10 Å². The van der Waals surface area contributed by atoms with Crippen LogP contribution in [0.25, 0.3) is 5.69 Å². The number of hydrogen-bond acceptors (Lipinski definition) is 4. The molecule has 0 bridgehead atoms. The van der Waals surface area contributed by atoms with E-state index in [1.54, 1.807) is 18.7 Å². The Labute approximate surface area is 159 Å². The zero-order valence-corrected chi connectivity index (χ0v) is 15.5. The molecule has 0 aliphatic heterocycles. The minimum absolute atomic E-state index is 0.229. The summed E-state index contributed by atoms with van der Waals surface area (Å²) in [5.74, 6) is -0.229. The number of carbonyl (C=O) groups excluding carboxylic acids is 1. The lowest BCUT2D eigenvalue weighted by Gasteiger charge is -2.20. The van der Waals surface area contributed by atoms with Gasteiger partial charge >= 0.3 is 0 Å². The van der Waals surface area contributed by atoms with Crippen molar-refractivity contribution in [3.05, 3.63) is 78.4 Å². The Morgan fingerprint density at radius 1 is 1.11 bits per heavy atom. The van der Waals surface area contributed by atoms with E-state index in [0.29, 0.717) is 5.56 Å². The summed E-state index contributed by atoms with van der Waals surface area (Å²) in [4.78, 5) is 18.5. The van der Waals surface area contributed by atoms with Crippen LogP contribution in [0, 0.1) is 0 Å². The third-order valence-corrected chi connectivity index (χ3v) is 4.33. The second-order valence-electron chi connectivity index (χ2n) is 5.98. The molecule has 3 aromatic rings. The van der Waals surface area contributed by atoms with Crippen molar-refractivity contribution in [2.45, 2.75) is 13.8 Å². The molecule has 1 N–H and O–H groups in total. The quantitative estimate of drug-likeness (QED) is 0.518. The van der Waals surface area contributed by atoms with Crippen molar-refractivity contribution in [1.82, 2.24) is 15.0 Å². The molecule has 0 fully saturated rings. The molecular weight excluding hydrogens is 338 g/mol. The van der Waals surface area contributed by atoms with Crippen molar-refractivity contribution in [2.24, 2.45) is 5.10 Å². The summed E-state index contributed by atoms with van der Waals surface area (Å²) in [6.07, 6.45) is 6.99. The number of aromatic nitrogens is 2. The Morgan fingerprint density at radius 3 is 2.41 bits per heavy atom. The third-order valence-electron chi connectivity index (χ3n) is 4.33. The van der Waals surface area contributed by atoms with Crippen molar-refractivity contribution in [2.75, 3.05) is 18.0 Å². The highest BCUT2D eigenvalue weighted by molar-refractivity contribution is 5.95. The largest absolute Gasteiger partial charge is 0.372 e. The average molecular weight is 361 g/mol. The van der Waals surface area contributed by atoms with E-state index in [0.717, 1.165) is 30.0 Å². The van der Waals surface area contributed by atoms with Crippen LogP contribution < -0.4 is 10.3 Å². The van der Waals surface area contributed by atoms with Crippen LogP contribution in [0.1, 0.15) is 29.8 Å². The summed E-state index contributed by atoms with van der Waals surface area (Å²) < 4.78 is 1.92. The Balaban J connectivity index is 1.58. The van der Waals surface area contributed by atoms with Gasteiger partial charge < -0.3 is 9.47 Å². The van der Waals surface area contributed by atoms with Gasteiger partial charge in [0.25, 0.3) is 5.91 Å². The SMILES string of the molecule is CCN(CC)c1ccc(C(=O)N/N=C/c2ccc(-n3ccnc3)cc2)cc1. The second kappa shape index (κ2) is 8.80. The number of anilines is 1. The molecule has 27 heavy (non-hydrogen) atoms. The predicted octanol–water partition coefficient (Wildman–Crippen LogP) is 3.48. The molecule has 0 saturated heterocycles. The molecule has 138 valence electrons. The normalized spacial score (nSPS) is 10.9. The Kier molecular flexibility index (Phi) is 5.99. The van der Waals surface area contributed by atoms with Gasteiger partial charge in [0, 0.05) is 42.4 Å². The van der Waals surface area contributed by atoms with E-state index < -0.39 is 0 Å². The van der Waals surface area contributed by atoms with E-state index in [1.165, 1.54) is 0 Å². The molecule has 6 nitrogen and oxygen atoms in total. The number of nitrogens with one attached hydrogen (secondary N) is 1. The van der Waals surface area contributed by atoms with Crippen LogP contribution in [0.4, 0.5) is 5.69 Å². The lowest BCUT2D eigenvalue weighted by molar-refractivity contribution is 0.0955. The highest BCUT2D eigenvalue weighted by atomic mass is 16.2. The molecule has 3 rings (SSSR count). The van der Waals surface area contributed by atoms with Crippen molar-refractivity contribution in [3.63, 3.8) is 0 Å². The molecule has 0 atom stereocenters. The zero-order valence-electron chi connectivity index (χ0n) is 15.5. The van der Waals surface area contributed by atoms with Gasteiger partial charge in [-0.3, -0.25) is 4.79 Å². The smallest absolute Gasteiger partial charge is 0.271 e. The fraction of sp³-hybridized carbons (Fsp3) is 0.190. The van der Waals surface area contributed by atoms with Gasteiger partial charge in [-0.1, -0.05) is 12.1 Å². The van der Waals surface area contributed by atoms with Crippen molar-refractivity contribution in [1.29, 1.82) is 0 Å². The van der Waals surface area contributed by atoms with Gasteiger partial charge in [-0.15, -0.1) is 0 Å². The van der Waals surface area contributed by atoms with E-state index in [-0.39, 0.29) is 5.91 Å². The predicted molar refractivity (Wildman–Crippen MR) is 109 cm³/mol. The first-order valence-corrected chi connectivity index (χ1v) is 8.98. The zero-order chi connectivity index (χ0) is 19.1. The van der Waals surface area contributed by atoms with Gasteiger partial charge in [0.2, 0.25) is 0 Å². The average Bonchev–Trinajstić information content (AvgIpc) is 3.25. The maximum absolute atomic E-state index is 12.2. The van der Waals surface area contributed by atoms with E-state index in [4.69, 9.17) is 0 Å². The minimum atomic E-state index is -0.229. The van der Waals surface area contributed by atoms with Crippen LogP contribution >= 0.6 is 0 Å². The third kappa shape index (κ3) is 4.61. The van der Waals surface area contributed by atoms with Gasteiger partial charge in [0.15, 0.2) is 0 Å². The first-order valence-electron chi connectivity index (χ1n) is 8.98. The first kappa shape index (κ1) is 18.4. The molecular formula is C21H23N5O. The van der Waals surface area contributed by atoms with Crippen LogP contribution in [-0.2, 0) is 0 Å². The lowest BCUT2D eigenvalue weighted by atomic mass is 10.2. The van der Waals surface area contributed by atoms with Gasteiger partial charge in [-0.25, -0.2) is 10.4 Å². The number of imidazole rings is 1. The number of nitrogens with zero attached hydrogens (tertiary/aromatic N) is 4. The minimum Gasteiger partial charge on any atom is -0.372 e. The topological polar surface area (TPSA) is 62.5 Å². The molecule has 0 radical (unpaired) electrons. The van der Waals surface area contributed by atoms with E-state index in [9.17, 15) is 4.79 Å². The van der Waals surface area contributed by atoms with Gasteiger partial charge in [0.05, 0.1) is 12.5 Å². The number of hydrogen-bond donors (Lipinski definition) is 1. The molecule has 0 unspecified atom stereocenters. The number of amides is 1. The van der Waals surface area contributed by atoms with Gasteiger partial charge in [-0.05, 0) is 55.8 Å². The van der Waals surface area contributed by atoms with E-state index in [1.807, 2.05) is 59.3 Å². The van der Waals surface area contributed by atoms with Crippen LogP contribution in [0.15, 0.2) is 72.4 Å². The van der Waals surface area contributed by atoms with Crippen molar-refractivity contribution in [3.8, 4) is 5.69 Å². The molecule has 1 aromatic heterocycles. The highest BCUT2D eigenvalue weighted by Crippen LogP contribution is 2.15. The Hall–Kier alpha value is -3.41. The number of hydrazone groups is 1. The molecule has 0 aliphatic carbocycles. The fourth-order valence-electron chi connectivity index (χ4n) is 2.79. The van der Waals surface area contributed by atoms with Gasteiger partial charge in [0.1, 0.15) is 0 Å². The summed E-state index contributed by atoms with van der Waals surface area (Å²) in [5, 5.41) is 4.05. The maximum Gasteiger partial charge on any atom is 0.271 e. The highest BCUT2D eigenvalue weighted by Gasteiger charge is 2.06. The summed E-state index contributed by atoms with van der Waals surface area (Å²) in [6, 6.07) is 15.4. The molecule has 1 amide bonds. The van der Waals surface area contributed by atoms with Crippen molar-refractivity contribution < 1.29 is 4.79 Å². The fourth-order valence-corrected chi connectivity index (χ4v) is 2.79. The molecule has 1 heterocycles. The molecule has 2 aromatic carbocycles. The lowest BCUT2D eigenvalue weighted by Crippen LogP contribution is -2.22.